The van der Waals surface area contributed by atoms with Gasteiger partial charge in [0, 0.05) is 31.2 Å². The highest BCUT2D eigenvalue weighted by Crippen LogP contribution is 2.14. The molecule has 1 heterocycles. The second-order valence-electron chi connectivity index (χ2n) is 6.72. The zero-order valence-electron chi connectivity index (χ0n) is 15.0. The van der Waals surface area contributed by atoms with Crippen LogP contribution < -0.4 is 5.32 Å². The van der Waals surface area contributed by atoms with Crippen LogP contribution in [0.4, 0.5) is 0 Å². The van der Waals surface area contributed by atoms with Crippen molar-refractivity contribution in [3.8, 4) is 0 Å². The summed E-state index contributed by atoms with van der Waals surface area (Å²) in [5.41, 5.74) is 1.87. The van der Waals surface area contributed by atoms with Gasteiger partial charge in [-0.3, -0.25) is 14.5 Å². The fourth-order valence-corrected chi connectivity index (χ4v) is 2.96. The Morgan fingerprint density at radius 3 is 2.33 bits per heavy atom. The molecule has 0 atom stereocenters. The molecular formula is C19H29N3O2. The minimum atomic E-state index is 0.0488. The lowest BCUT2D eigenvalue weighted by molar-refractivity contribution is -0.122. The van der Waals surface area contributed by atoms with E-state index in [9.17, 15) is 9.59 Å². The molecule has 0 unspecified atom stereocenters. The van der Waals surface area contributed by atoms with Crippen LogP contribution in [0.3, 0.4) is 0 Å². The highest BCUT2D eigenvalue weighted by molar-refractivity contribution is 5.94. The van der Waals surface area contributed by atoms with E-state index in [0.717, 1.165) is 43.6 Å². The van der Waals surface area contributed by atoms with E-state index in [1.807, 2.05) is 49.9 Å². The first-order valence-electron chi connectivity index (χ1n) is 8.89. The second kappa shape index (κ2) is 8.83. The second-order valence-corrected chi connectivity index (χ2v) is 6.72. The van der Waals surface area contributed by atoms with E-state index in [-0.39, 0.29) is 17.9 Å². The number of nitrogens with zero attached hydrogens (tertiary/aromatic N) is 2. The van der Waals surface area contributed by atoms with Crippen molar-refractivity contribution in [3.05, 3.63) is 35.4 Å². The third-order valence-electron chi connectivity index (χ3n) is 4.26. The van der Waals surface area contributed by atoms with Crippen molar-refractivity contribution < 1.29 is 9.59 Å². The monoisotopic (exact) mass is 331 g/mol. The topological polar surface area (TPSA) is 52.7 Å². The van der Waals surface area contributed by atoms with Crippen LogP contribution >= 0.6 is 0 Å². The van der Waals surface area contributed by atoms with Gasteiger partial charge in [-0.25, -0.2) is 0 Å². The van der Waals surface area contributed by atoms with Crippen LogP contribution in [0.5, 0.6) is 0 Å². The van der Waals surface area contributed by atoms with Crippen LogP contribution in [0.1, 0.15) is 49.5 Å². The number of amides is 2. The van der Waals surface area contributed by atoms with Gasteiger partial charge in [0.15, 0.2) is 0 Å². The molecule has 1 aromatic rings. The number of hydrogen-bond donors (Lipinski definition) is 1. The van der Waals surface area contributed by atoms with E-state index in [2.05, 4.69) is 10.2 Å². The largest absolute Gasteiger partial charge is 0.353 e. The van der Waals surface area contributed by atoms with Crippen molar-refractivity contribution in [2.45, 2.75) is 46.2 Å². The quantitative estimate of drug-likeness (QED) is 0.834. The summed E-state index contributed by atoms with van der Waals surface area (Å²) in [6, 6.07) is 7.95. The smallest absolute Gasteiger partial charge is 0.253 e. The maximum absolute atomic E-state index is 12.3. The lowest BCUT2D eigenvalue weighted by atomic mass is 10.1. The first-order valence-corrected chi connectivity index (χ1v) is 8.89. The van der Waals surface area contributed by atoms with Gasteiger partial charge in [-0.15, -0.1) is 0 Å². The third-order valence-corrected chi connectivity index (χ3v) is 4.26. The molecule has 1 aliphatic heterocycles. The Kier molecular flexibility index (Phi) is 6.79. The summed E-state index contributed by atoms with van der Waals surface area (Å²) >= 11 is 0. The molecule has 1 aliphatic rings. The normalized spacial score (nSPS) is 14.5. The van der Waals surface area contributed by atoms with Gasteiger partial charge < -0.3 is 10.2 Å². The minimum Gasteiger partial charge on any atom is -0.353 e. The maximum atomic E-state index is 12.3. The van der Waals surface area contributed by atoms with E-state index in [4.69, 9.17) is 0 Å². The number of carbonyl (C=O) groups is 2. The zero-order valence-corrected chi connectivity index (χ0v) is 15.0. The number of hydrogen-bond acceptors (Lipinski definition) is 3. The van der Waals surface area contributed by atoms with Gasteiger partial charge in [0.1, 0.15) is 0 Å². The summed E-state index contributed by atoms with van der Waals surface area (Å²) in [4.78, 5) is 28.3. The molecule has 1 saturated heterocycles. The van der Waals surface area contributed by atoms with Crippen LogP contribution in [0.25, 0.3) is 0 Å². The van der Waals surface area contributed by atoms with E-state index < -0.39 is 0 Å². The summed E-state index contributed by atoms with van der Waals surface area (Å²) in [5, 5.41) is 2.92. The Bertz CT molecular complexity index is 548. The van der Waals surface area contributed by atoms with Crippen molar-refractivity contribution in [1.29, 1.82) is 0 Å². The molecule has 0 bridgehead atoms. The standard InChI is InChI=1S/C19H29N3O2/c1-4-21(14-18(23)20-15(2)3)13-16-7-9-17(10-8-16)19(24)22-11-5-6-12-22/h7-10,15H,4-6,11-14H2,1-3H3,(H,20,23). The molecule has 132 valence electrons. The van der Waals surface area contributed by atoms with E-state index >= 15 is 0 Å². The number of nitrogens with one attached hydrogen (secondary N) is 1. The summed E-state index contributed by atoms with van der Waals surface area (Å²) in [6.07, 6.45) is 2.21. The fourth-order valence-electron chi connectivity index (χ4n) is 2.96. The van der Waals surface area contributed by atoms with Crippen LogP contribution in [0.2, 0.25) is 0 Å². The predicted molar refractivity (Wildman–Crippen MR) is 95.8 cm³/mol. The van der Waals surface area contributed by atoms with Crippen LogP contribution in [0.15, 0.2) is 24.3 Å². The molecule has 1 fully saturated rings. The van der Waals surface area contributed by atoms with Gasteiger partial charge in [-0.05, 0) is 50.9 Å². The van der Waals surface area contributed by atoms with Crippen molar-refractivity contribution in [3.63, 3.8) is 0 Å². The number of likely N-dealkylation sites (tertiary alicyclic amines) is 1. The lowest BCUT2D eigenvalue weighted by Gasteiger charge is -2.21. The number of rotatable bonds is 7. The molecule has 24 heavy (non-hydrogen) atoms. The SMILES string of the molecule is CCN(CC(=O)NC(C)C)Cc1ccc(C(=O)N2CCCC2)cc1. The zero-order chi connectivity index (χ0) is 17.5. The van der Waals surface area contributed by atoms with Gasteiger partial charge in [0.2, 0.25) is 5.91 Å². The molecule has 2 rings (SSSR count). The average molecular weight is 331 g/mol. The van der Waals surface area contributed by atoms with Gasteiger partial charge in [0.25, 0.3) is 5.91 Å². The molecule has 5 nitrogen and oxygen atoms in total. The van der Waals surface area contributed by atoms with Gasteiger partial charge in [0.05, 0.1) is 6.54 Å². The summed E-state index contributed by atoms with van der Waals surface area (Å²) < 4.78 is 0. The molecule has 0 aromatic heterocycles. The summed E-state index contributed by atoms with van der Waals surface area (Å²) in [6.45, 7) is 9.62. The Balaban J connectivity index is 1.91. The Labute approximate surface area is 145 Å². The highest BCUT2D eigenvalue weighted by Gasteiger charge is 2.19. The first kappa shape index (κ1) is 18.5. The van der Waals surface area contributed by atoms with Crippen molar-refractivity contribution in [1.82, 2.24) is 15.1 Å². The Morgan fingerprint density at radius 2 is 1.79 bits per heavy atom. The molecule has 1 N–H and O–H groups in total. The van der Waals surface area contributed by atoms with Gasteiger partial charge in [-0.1, -0.05) is 19.1 Å². The van der Waals surface area contributed by atoms with Crippen molar-refractivity contribution in [2.75, 3.05) is 26.2 Å². The molecule has 2 amide bonds. The Morgan fingerprint density at radius 1 is 1.17 bits per heavy atom. The van der Waals surface area contributed by atoms with Crippen molar-refractivity contribution in [2.24, 2.45) is 0 Å². The Hall–Kier alpha value is -1.88. The third kappa shape index (κ3) is 5.34. The first-order chi connectivity index (χ1) is 11.5. The van der Waals surface area contributed by atoms with Crippen LogP contribution in [-0.2, 0) is 11.3 Å². The molecule has 0 radical (unpaired) electrons. The number of benzene rings is 1. The van der Waals surface area contributed by atoms with Crippen LogP contribution in [0, 0.1) is 0 Å². The minimum absolute atomic E-state index is 0.0488. The van der Waals surface area contributed by atoms with E-state index in [1.54, 1.807) is 0 Å². The average Bonchev–Trinajstić information content (AvgIpc) is 3.08. The lowest BCUT2D eigenvalue weighted by Crippen LogP contribution is -2.39. The molecular weight excluding hydrogens is 302 g/mol. The molecule has 0 saturated carbocycles. The fraction of sp³-hybridized carbons (Fsp3) is 0.579. The summed E-state index contributed by atoms with van der Waals surface area (Å²) in [5.74, 6) is 0.176. The predicted octanol–water partition coefficient (Wildman–Crippen LogP) is 2.27. The maximum Gasteiger partial charge on any atom is 0.253 e. The van der Waals surface area contributed by atoms with E-state index in [1.165, 1.54) is 0 Å². The van der Waals surface area contributed by atoms with Gasteiger partial charge in [-0.2, -0.15) is 0 Å². The molecule has 5 heteroatoms. The van der Waals surface area contributed by atoms with Crippen LogP contribution in [-0.4, -0.2) is 53.8 Å². The molecule has 0 spiro atoms. The van der Waals surface area contributed by atoms with E-state index in [0.29, 0.717) is 13.1 Å². The molecule has 1 aromatic carbocycles. The molecule has 0 aliphatic carbocycles. The van der Waals surface area contributed by atoms with Crippen molar-refractivity contribution >= 4 is 11.8 Å². The highest BCUT2D eigenvalue weighted by atomic mass is 16.2. The van der Waals surface area contributed by atoms with Gasteiger partial charge >= 0.3 is 0 Å². The summed E-state index contributed by atoms with van der Waals surface area (Å²) in [7, 11) is 0. The number of carbonyl (C=O) groups excluding carboxylic acids is 2. The number of likely N-dealkylation sites (N-methyl/N-ethyl adjacent to an activating group) is 1.